The number of aryl methyl sites for hydroxylation is 1. The smallest absolute Gasteiger partial charge is 0.319 e. The van der Waals surface area contributed by atoms with Gasteiger partial charge in [0.05, 0.1) is 6.04 Å². The molecule has 0 aliphatic carbocycles. The van der Waals surface area contributed by atoms with E-state index in [1.54, 1.807) is 36.3 Å². The highest BCUT2D eigenvalue weighted by atomic mass is 16.2. The molecule has 1 aromatic heterocycles. The van der Waals surface area contributed by atoms with Crippen LogP contribution in [0.5, 0.6) is 0 Å². The first kappa shape index (κ1) is 16.8. The normalized spacial score (nSPS) is 15.8. The number of hydrogen-bond acceptors (Lipinski definition) is 3. The van der Waals surface area contributed by atoms with Crippen LogP contribution in [0.15, 0.2) is 47.4 Å². The summed E-state index contributed by atoms with van der Waals surface area (Å²) in [5.74, 6) is -0.0586. The molecule has 1 aliphatic heterocycles. The molecule has 2 N–H and O–H groups in total. The third-order valence-corrected chi connectivity index (χ3v) is 4.40. The average molecular weight is 340 g/mol. The number of nitrogens with zero attached hydrogens (tertiary/aromatic N) is 2. The van der Waals surface area contributed by atoms with Gasteiger partial charge in [-0.2, -0.15) is 0 Å². The number of hydrogen-bond donors (Lipinski definition) is 2. The van der Waals surface area contributed by atoms with Gasteiger partial charge in [0.15, 0.2) is 0 Å². The SMILES string of the molecule is CCn1cccc(NC(=O)NC[C@H]2c3ccccc3C(=O)N2C)c1=O. The van der Waals surface area contributed by atoms with Crippen molar-refractivity contribution in [3.8, 4) is 0 Å². The summed E-state index contributed by atoms with van der Waals surface area (Å²) in [6.45, 7) is 2.65. The van der Waals surface area contributed by atoms with E-state index in [-0.39, 0.29) is 29.7 Å². The fourth-order valence-corrected chi connectivity index (χ4v) is 3.01. The molecule has 0 saturated carbocycles. The van der Waals surface area contributed by atoms with Crippen LogP contribution in [0.25, 0.3) is 0 Å². The molecule has 7 nitrogen and oxygen atoms in total. The van der Waals surface area contributed by atoms with E-state index >= 15 is 0 Å². The molecule has 0 spiro atoms. The summed E-state index contributed by atoms with van der Waals surface area (Å²) in [7, 11) is 1.71. The van der Waals surface area contributed by atoms with E-state index in [1.807, 2.05) is 25.1 Å². The van der Waals surface area contributed by atoms with E-state index in [0.29, 0.717) is 12.1 Å². The molecule has 2 heterocycles. The standard InChI is InChI=1S/C18H20N4O3/c1-3-22-10-6-9-14(17(22)24)20-18(25)19-11-15-12-7-4-5-8-13(12)16(23)21(15)2/h4-10,15H,3,11H2,1-2H3,(H2,19,20,25)/t15-/m0/s1. The number of likely N-dealkylation sites (N-methyl/N-ethyl adjacent to an activating group) is 1. The molecule has 1 aliphatic rings. The van der Waals surface area contributed by atoms with Crippen LogP contribution in [0.4, 0.5) is 10.5 Å². The Morgan fingerprint density at radius 2 is 1.92 bits per heavy atom. The maximum atomic E-state index is 12.2. The number of fused-ring (bicyclic) bond motifs is 1. The van der Waals surface area contributed by atoms with Gasteiger partial charge >= 0.3 is 6.03 Å². The zero-order valence-electron chi connectivity index (χ0n) is 14.2. The number of urea groups is 1. The van der Waals surface area contributed by atoms with Crippen LogP contribution < -0.4 is 16.2 Å². The Morgan fingerprint density at radius 1 is 1.16 bits per heavy atom. The molecule has 1 aromatic carbocycles. The molecule has 3 amide bonds. The van der Waals surface area contributed by atoms with Crippen molar-refractivity contribution in [3.05, 3.63) is 64.1 Å². The van der Waals surface area contributed by atoms with Gasteiger partial charge in [-0.15, -0.1) is 0 Å². The van der Waals surface area contributed by atoms with Crippen molar-refractivity contribution in [1.82, 2.24) is 14.8 Å². The van der Waals surface area contributed by atoms with Gasteiger partial charge in [-0.25, -0.2) is 4.79 Å². The summed E-state index contributed by atoms with van der Waals surface area (Å²) in [4.78, 5) is 38.1. The highest BCUT2D eigenvalue weighted by Gasteiger charge is 2.33. The lowest BCUT2D eigenvalue weighted by atomic mass is 10.1. The first-order valence-corrected chi connectivity index (χ1v) is 8.13. The van der Waals surface area contributed by atoms with Gasteiger partial charge < -0.3 is 20.1 Å². The molecule has 7 heteroatoms. The molecule has 0 saturated heterocycles. The molecule has 2 aromatic rings. The minimum Gasteiger partial charge on any atom is -0.335 e. The van der Waals surface area contributed by atoms with Gasteiger partial charge in [0.2, 0.25) is 0 Å². The molecule has 3 rings (SSSR count). The third-order valence-electron chi connectivity index (χ3n) is 4.40. The molecule has 0 radical (unpaired) electrons. The van der Waals surface area contributed by atoms with Gasteiger partial charge in [-0.1, -0.05) is 18.2 Å². The van der Waals surface area contributed by atoms with Crippen LogP contribution in [0.3, 0.4) is 0 Å². The zero-order valence-corrected chi connectivity index (χ0v) is 14.2. The highest BCUT2D eigenvalue weighted by molar-refractivity contribution is 5.99. The maximum absolute atomic E-state index is 12.2. The number of pyridine rings is 1. The first-order chi connectivity index (χ1) is 12.0. The number of rotatable bonds is 4. The molecule has 25 heavy (non-hydrogen) atoms. The Hall–Kier alpha value is -3.09. The Kier molecular flexibility index (Phi) is 4.56. The summed E-state index contributed by atoms with van der Waals surface area (Å²) < 4.78 is 1.51. The Bertz CT molecular complexity index is 875. The van der Waals surface area contributed by atoms with Crippen LogP contribution >= 0.6 is 0 Å². The Balaban J connectivity index is 1.67. The van der Waals surface area contributed by atoms with Gasteiger partial charge in [0, 0.05) is 31.9 Å². The lowest BCUT2D eigenvalue weighted by Crippen LogP contribution is -2.38. The van der Waals surface area contributed by atoms with Gasteiger partial charge in [0.1, 0.15) is 5.69 Å². The molecular weight excluding hydrogens is 320 g/mol. The number of anilines is 1. The van der Waals surface area contributed by atoms with E-state index < -0.39 is 6.03 Å². The van der Waals surface area contributed by atoms with Crippen LogP contribution in [0.1, 0.15) is 28.9 Å². The number of carbonyl (C=O) groups is 2. The van der Waals surface area contributed by atoms with E-state index in [0.717, 1.165) is 5.56 Å². The average Bonchev–Trinajstić information content (AvgIpc) is 2.86. The van der Waals surface area contributed by atoms with E-state index in [4.69, 9.17) is 0 Å². The lowest BCUT2D eigenvalue weighted by Gasteiger charge is -2.21. The van der Waals surface area contributed by atoms with E-state index in [9.17, 15) is 14.4 Å². The van der Waals surface area contributed by atoms with E-state index in [1.165, 1.54) is 4.57 Å². The summed E-state index contributed by atoms with van der Waals surface area (Å²) in [6, 6.07) is 9.93. The number of nitrogens with one attached hydrogen (secondary N) is 2. The number of carbonyl (C=O) groups excluding carboxylic acids is 2. The molecule has 0 bridgehead atoms. The summed E-state index contributed by atoms with van der Waals surface area (Å²) in [5, 5.41) is 5.31. The largest absolute Gasteiger partial charge is 0.335 e. The Morgan fingerprint density at radius 3 is 2.68 bits per heavy atom. The van der Waals surface area contributed by atoms with Crippen molar-refractivity contribution in [2.45, 2.75) is 19.5 Å². The van der Waals surface area contributed by atoms with Crippen molar-refractivity contribution in [3.63, 3.8) is 0 Å². The number of amides is 3. The second kappa shape index (κ2) is 6.80. The zero-order chi connectivity index (χ0) is 18.0. The number of benzene rings is 1. The van der Waals surface area contributed by atoms with Crippen molar-refractivity contribution in [2.75, 3.05) is 18.9 Å². The van der Waals surface area contributed by atoms with Crippen molar-refractivity contribution < 1.29 is 9.59 Å². The summed E-state index contributed by atoms with van der Waals surface area (Å²) in [6.07, 6.45) is 1.67. The number of aromatic nitrogens is 1. The van der Waals surface area contributed by atoms with Crippen molar-refractivity contribution >= 4 is 17.6 Å². The summed E-state index contributed by atoms with van der Waals surface area (Å²) in [5.41, 5.74) is 1.52. The topological polar surface area (TPSA) is 83.4 Å². The minimum atomic E-state index is -0.476. The molecular formula is C18H20N4O3. The van der Waals surface area contributed by atoms with Gasteiger partial charge in [0.25, 0.3) is 11.5 Å². The quantitative estimate of drug-likeness (QED) is 0.890. The molecule has 0 fully saturated rings. The molecule has 1 atom stereocenters. The van der Waals surface area contributed by atoms with Crippen LogP contribution in [0, 0.1) is 0 Å². The Labute approximate surface area is 145 Å². The second-order valence-corrected chi connectivity index (χ2v) is 5.87. The van der Waals surface area contributed by atoms with Crippen LogP contribution in [-0.4, -0.2) is 35.0 Å². The third kappa shape index (κ3) is 3.13. The maximum Gasteiger partial charge on any atom is 0.319 e. The predicted molar refractivity (Wildman–Crippen MR) is 94.7 cm³/mol. The fourth-order valence-electron chi connectivity index (χ4n) is 3.01. The minimum absolute atomic E-state index is 0.0586. The second-order valence-electron chi connectivity index (χ2n) is 5.87. The van der Waals surface area contributed by atoms with Crippen molar-refractivity contribution in [2.24, 2.45) is 0 Å². The first-order valence-electron chi connectivity index (χ1n) is 8.13. The lowest BCUT2D eigenvalue weighted by molar-refractivity contribution is 0.0774. The van der Waals surface area contributed by atoms with Crippen LogP contribution in [-0.2, 0) is 6.54 Å². The van der Waals surface area contributed by atoms with E-state index in [2.05, 4.69) is 10.6 Å². The van der Waals surface area contributed by atoms with Gasteiger partial charge in [-0.3, -0.25) is 9.59 Å². The molecule has 0 unspecified atom stereocenters. The van der Waals surface area contributed by atoms with Crippen molar-refractivity contribution in [1.29, 1.82) is 0 Å². The predicted octanol–water partition coefficient (Wildman–Crippen LogP) is 1.82. The monoisotopic (exact) mass is 340 g/mol. The van der Waals surface area contributed by atoms with Gasteiger partial charge in [-0.05, 0) is 30.7 Å². The summed E-state index contributed by atoms with van der Waals surface area (Å²) >= 11 is 0. The highest BCUT2D eigenvalue weighted by Crippen LogP contribution is 2.31. The molecule has 130 valence electrons. The van der Waals surface area contributed by atoms with Crippen LogP contribution in [0.2, 0.25) is 0 Å². The fraction of sp³-hybridized carbons (Fsp3) is 0.278.